The molecule has 1 atom stereocenters. The largest absolute Gasteiger partial charge is 0.459 e. The molecule has 0 heterocycles. The lowest BCUT2D eigenvalue weighted by Gasteiger charge is -2.17. The van der Waals surface area contributed by atoms with E-state index < -0.39 is 18.1 Å². The van der Waals surface area contributed by atoms with E-state index in [9.17, 15) is 9.59 Å². The SMILES string of the molecule is O=C(N[C@@H](CCCO)C(=O)OCc1ccccc1)OCc1ccccc1. The average Bonchev–Trinajstić information content (AvgIpc) is 2.69. The average molecular weight is 357 g/mol. The van der Waals surface area contributed by atoms with E-state index in [1.54, 1.807) is 0 Å². The van der Waals surface area contributed by atoms with Crippen LogP contribution in [0.5, 0.6) is 0 Å². The Balaban J connectivity index is 1.84. The fraction of sp³-hybridized carbons (Fsp3) is 0.300. The molecular formula is C20H23NO5. The van der Waals surface area contributed by atoms with Gasteiger partial charge in [-0.1, -0.05) is 60.7 Å². The Bertz CT molecular complexity index is 675. The quantitative estimate of drug-likeness (QED) is 0.674. The molecule has 2 N–H and O–H groups in total. The Morgan fingerprint density at radius 3 is 1.96 bits per heavy atom. The molecule has 0 aliphatic rings. The van der Waals surface area contributed by atoms with E-state index in [1.807, 2.05) is 60.7 Å². The summed E-state index contributed by atoms with van der Waals surface area (Å²) in [6.07, 6.45) is -0.0669. The number of rotatable bonds is 9. The van der Waals surface area contributed by atoms with Crippen LogP contribution in [0.15, 0.2) is 60.7 Å². The molecule has 0 aliphatic carbocycles. The highest BCUT2D eigenvalue weighted by Crippen LogP contribution is 2.06. The molecule has 2 rings (SSSR count). The number of carbonyl (C=O) groups excluding carboxylic acids is 2. The Labute approximate surface area is 152 Å². The van der Waals surface area contributed by atoms with Crippen molar-refractivity contribution in [1.29, 1.82) is 0 Å². The molecule has 2 aromatic rings. The minimum Gasteiger partial charge on any atom is -0.459 e. The minimum absolute atomic E-state index is 0.0802. The number of aliphatic hydroxyl groups excluding tert-OH is 1. The van der Waals surface area contributed by atoms with Gasteiger partial charge in [0.2, 0.25) is 0 Å². The molecule has 0 unspecified atom stereocenters. The summed E-state index contributed by atoms with van der Waals surface area (Å²) in [5.41, 5.74) is 1.70. The van der Waals surface area contributed by atoms with Crippen LogP contribution in [0.4, 0.5) is 4.79 Å². The van der Waals surface area contributed by atoms with Gasteiger partial charge < -0.3 is 19.9 Å². The van der Waals surface area contributed by atoms with Gasteiger partial charge in [-0.3, -0.25) is 0 Å². The Kier molecular flexibility index (Phi) is 8.15. The van der Waals surface area contributed by atoms with Crippen molar-refractivity contribution in [1.82, 2.24) is 5.32 Å². The number of esters is 1. The zero-order valence-corrected chi connectivity index (χ0v) is 14.5. The molecule has 2 aromatic carbocycles. The van der Waals surface area contributed by atoms with Crippen molar-refractivity contribution in [2.45, 2.75) is 32.1 Å². The normalized spacial score (nSPS) is 11.4. The van der Waals surface area contributed by atoms with Gasteiger partial charge in [0.1, 0.15) is 19.3 Å². The third-order valence-electron chi connectivity index (χ3n) is 3.66. The molecule has 0 bridgehead atoms. The first-order valence-electron chi connectivity index (χ1n) is 8.47. The van der Waals surface area contributed by atoms with E-state index in [0.29, 0.717) is 6.42 Å². The van der Waals surface area contributed by atoms with Crippen molar-refractivity contribution in [3.63, 3.8) is 0 Å². The van der Waals surface area contributed by atoms with Crippen LogP contribution in [0.2, 0.25) is 0 Å². The molecule has 26 heavy (non-hydrogen) atoms. The van der Waals surface area contributed by atoms with Gasteiger partial charge in [0, 0.05) is 6.61 Å². The molecule has 138 valence electrons. The Morgan fingerprint density at radius 1 is 0.885 bits per heavy atom. The lowest BCUT2D eigenvalue weighted by atomic mass is 10.1. The third-order valence-corrected chi connectivity index (χ3v) is 3.66. The summed E-state index contributed by atoms with van der Waals surface area (Å²) in [4.78, 5) is 24.2. The fourth-order valence-corrected chi connectivity index (χ4v) is 2.28. The maximum Gasteiger partial charge on any atom is 0.408 e. The van der Waals surface area contributed by atoms with Crippen molar-refractivity contribution in [2.75, 3.05) is 6.61 Å². The standard InChI is InChI=1S/C20H23NO5/c22-13-7-12-18(19(23)25-14-16-8-3-1-4-9-16)21-20(24)26-15-17-10-5-2-6-11-17/h1-6,8-11,18,22H,7,12-15H2,(H,21,24)/t18-/m0/s1. The molecule has 6 heteroatoms. The van der Waals surface area contributed by atoms with Crippen LogP contribution in [0.25, 0.3) is 0 Å². The Morgan fingerprint density at radius 2 is 1.42 bits per heavy atom. The second kappa shape index (κ2) is 10.9. The molecule has 0 saturated carbocycles. The molecule has 0 fully saturated rings. The number of nitrogens with one attached hydrogen (secondary N) is 1. The van der Waals surface area contributed by atoms with Crippen LogP contribution >= 0.6 is 0 Å². The minimum atomic E-state index is -0.867. The lowest BCUT2D eigenvalue weighted by molar-refractivity contribution is -0.147. The van der Waals surface area contributed by atoms with Crippen LogP contribution < -0.4 is 5.32 Å². The van der Waals surface area contributed by atoms with Crippen molar-refractivity contribution in [3.8, 4) is 0 Å². The molecule has 0 aliphatic heterocycles. The van der Waals surface area contributed by atoms with E-state index in [4.69, 9.17) is 14.6 Å². The summed E-state index contributed by atoms with van der Waals surface area (Å²) in [6.45, 7) is 0.151. The van der Waals surface area contributed by atoms with Crippen LogP contribution in [0.3, 0.4) is 0 Å². The monoisotopic (exact) mass is 357 g/mol. The highest BCUT2D eigenvalue weighted by atomic mass is 16.6. The number of carbonyl (C=O) groups is 2. The van der Waals surface area contributed by atoms with Crippen LogP contribution in [-0.2, 0) is 27.5 Å². The molecule has 0 saturated heterocycles. The summed E-state index contributed by atoms with van der Waals surface area (Å²) in [6, 6.07) is 17.6. The molecule has 1 amide bonds. The van der Waals surface area contributed by atoms with Gasteiger partial charge in [0.15, 0.2) is 0 Å². The second-order valence-electron chi connectivity index (χ2n) is 5.72. The summed E-state index contributed by atoms with van der Waals surface area (Å²) in [5.74, 6) is -0.557. The van der Waals surface area contributed by atoms with Crippen molar-refractivity contribution in [3.05, 3.63) is 71.8 Å². The van der Waals surface area contributed by atoms with Gasteiger partial charge in [-0.25, -0.2) is 9.59 Å². The summed E-state index contributed by atoms with van der Waals surface area (Å²) in [7, 11) is 0. The van der Waals surface area contributed by atoms with Crippen molar-refractivity contribution < 1.29 is 24.2 Å². The first kappa shape index (κ1) is 19.5. The topological polar surface area (TPSA) is 84.9 Å². The molecule has 0 spiro atoms. The van der Waals surface area contributed by atoms with E-state index in [2.05, 4.69) is 5.32 Å². The maximum absolute atomic E-state index is 12.3. The Hall–Kier alpha value is -2.86. The van der Waals surface area contributed by atoms with Crippen molar-refractivity contribution in [2.24, 2.45) is 0 Å². The molecule has 0 aromatic heterocycles. The second-order valence-corrected chi connectivity index (χ2v) is 5.72. The molecular weight excluding hydrogens is 334 g/mol. The summed E-state index contributed by atoms with van der Waals surface area (Å²) < 4.78 is 10.4. The maximum atomic E-state index is 12.3. The number of aliphatic hydroxyl groups is 1. The first-order chi connectivity index (χ1) is 12.7. The van der Waals surface area contributed by atoms with Gasteiger partial charge in [0.25, 0.3) is 0 Å². The van der Waals surface area contributed by atoms with E-state index in [1.165, 1.54) is 0 Å². The predicted octanol–water partition coefficient (Wildman–Crippen LogP) is 2.80. The lowest BCUT2D eigenvalue weighted by Crippen LogP contribution is -2.42. The van der Waals surface area contributed by atoms with E-state index in [0.717, 1.165) is 11.1 Å². The zero-order chi connectivity index (χ0) is 18.6. The predicted molar refractivity (Wildman–Crippen MR) is 96.1 cm³/mol. The highest BCUT2D eigenvalue weighted by molar-refractivity contribution is 5.81. The molecule has 0 radical (unpaired) electrons. The summed E-state index contributed by atoms with van der Waals surface area (Å²) >= 11 is 0. The van der Waals surface area contributed by atoms with Gasteiger partial charge in [0.05, 0.1) is 0 Å². The van der Waals surface area contributed by atoms with Crippen LogP contribution in [0, 0.1) is 0 Å². The van der Waals surface area contributed by atoms with Gasteiger partial charge in [-0.05, 0) is 24.0 Å². The number of ether oxygens (including phenoxy) is 2. The summed E-state index contributed by atoms with van der Waals surface area (Å²) in [5, 5.41) is 11.5. The smallest absolute Gasteiger partial charge is 0.408 e. The van der Waals surface area contributed by atoms with Crippen LogP contribution in [0.1, 0.15) is 24.0 Å². The van der Waals surface area contributed by atoms with Gasteiger partial charge in [-0.15, -0.1) is 0 Å². The zero-order valence-electron chi connectivity index (χ0n) is 14.5. The van der Waals surface area contributed by atoms with Gasteiger partial charge in [-0.2, -0.15) is 0 Å². The number of hydrogen-bond donors (Lipinski definition) is 2. The number of hydrogen-bond acceptors (Lipinski definition) is 5. The number of amides is 1. The third kappa shape index (κ3) is 6.94. The van der Waals surface area contributed by atoms with Gasteiger partial charge >= 0.3 is 12.1 Å². The first-order valence-corrected chi connectivity index (χ1v) is 8.47. The number of alkyl carbamates (subject to hydrolysis) is 1. The van der Waals surface area contributed by atoms with E-state index >= 15 is 0 Å². The van der Waals surface area contributed by atoms with E-state index in [-0.39, 0.29) is 26.2 Å². The highest BCUT2D eigenvalue weighted by Gasteiger charge is 2.22. The van der Waals surface area contributed by atoms with Crippen LogP contribution in [-0.4, -0.2) is 29.8 Å². The fourth-order valence-electron chi connectivity index (χ4n) is 2.28. The molecule has 6 nitrogen and oxygen atoms in total. The number of benzene rings is 2. The van der Waals surface area contributed by atoms with Crippen molar-refractivity contribution >= 4 is 12.1 Å².